The largest absolute Gasteiger partial charge is 0.447 e. The van der Waals surface area contributed by atoms with E-state index < -0.39 is 0 Å². The van der Waals surface area contributed by atoms with Crippen LogP contribution in [-0.4, -0.2) is 31.5 Å². The highest BCUT2D eigenvalue weighted by Crippen LogP contribution is 1.88. The van der Waals surface area contributed by atoms with Crippen molar-refractivity contribution >= 4 is 6.09 Å². The lowest BCUT2D eigenvalue weighted by Gasteiger charge is -2.10. The van der Waals surface area contributed by atoms with Crippen LogP contribution in [0.1, 0.15) is 27.7 Å². The van der Waals surface area contributed by atoms with Crippen molar-refractivity contribution in [1.29, 1.82) is 0 Å². The van der Waals surface area contributed by atoms with Crippen LogP contribution < -0.4 is 5.32 Å². The molecule has 0 fully saturated rings. The first-order chi connectivity index (χ1) is 6.02. The van der Waals surface area contributed by atoms with E-state index in [9.17, 15) is 4.79 Å². The Labute approximate surface area is 79.6 Å². The van der Waals surface area contributed by atoms with E-state index in [1.807, 2.05) is 27.7 Å². The summed E-state index contributed by atoms with van der Waals surface area (Å²) in [5, 5.41) is 2.58. The van der Waals surface area contributed by atoms with Crippen molar-refractivity contribution in [2.24, 2.45) is 0 Å². The SMILES string of the molecule is CC(C)OCCNC(=O)OC(C)C. The monoisotopic (exact) mass is 189 g/mol. The van der Waals surface area contributed by atoms with Gasteiger partial charge in [-0.05, 0) is 27.7 Å². The standard InChI is InChI=1S/C9H19NO3/c1-7(2)12-6-5-10-9(11)13-8(3)4/h7-8H,5-6H2,1-4H3,(H,10,11). The molecule has 0 unspecified atom stereocenters. The molecule has 0 rings (SSSR count). The Kier molecular flexibility index (Phi) is 6.32. The molecule has 0 aromatic carbocycles. The summed E-state index contributed by atoms with van der Waals surface area (Å²) in [6.07, 6.45) is -0.267. The lowest BCUT2D eigenvalue weighted by Crippen LogP contribution is -2.30. The zero-order chi connectivity index (χ0) is 10.3. The topological polar surface area (TPSA) is 47.6 Å². The minimum atomic E-state index is -0.387. The summed E-state index contributed by atoms with van der Waals surface area (Å²) in [6, 6.07) is 0. The zero-order valence-electron chi connectivity index (χ0n) is 8.79. The maximum Gasteiger partial charge on any atom is 0.407 e. The van der Waals surface area contributed by atoms with Crippen molar-refractivity contribution in [3.05, 3.63) is 0 Å². The van der Waals surface area contributed by atoms with Gasteiger partial charge >= 0.3 is 6.09 Å². The molecule has 0 heterocycles. The fraction of sp³-hybridized carbons (Fsp3) is 0.889. The molecule has 4 nitrogen and oxygen atoms in total. The highest BCUT2D eigenvalue weighted by atomic mass is 16.6. The molecule has 0 atom stereocenters. The van der Waals surface area contributed by atoms with E-state index in [4.69, 9.17) is 9.47 Å². The fourth-order valence-corrected chi connectivity index (χ4v) is 0.703. The van der Waals surface area contributed by atoms with Gasteiger partial charge < -0.3 is 14.8 Å². The Morgan fingerprint density at radius 2 is 1.85 bits per heavy atom. The maximum absolute atomic E-state index is 10.9. The van der Waals surface area contributed by atoms with Gasteiger partial charge in [-0.15, -0.1) is 0 Å². The normalized spacial score (nSPS) is 10.6. The summed E-state index contributed by atoms with van der Waals surface area (Å²) in [6.45, 7) is 8.53. The van der Waals surface area contributed by atoms with Crippen LogP contribution in [0.5, 0.6) is 0 Å². The van der Waals surface area contributed by atoms with E-state index in [0.29, 0.717) is 13.2 Å². The van der Waals surface area contributed by atoms with Crippen molar-refractivity contribution in [2.75, 3.05) is 13.2 Å². The van der Waals surface area contributed by atoms with Crippen LogP contribution in [0.2, 0.25) is 0 Å². The molecule has 13 heavy (non-hydrogen) atoms. The lowest BCUT2D eigenvalue weighted by molar-refractivity contribution is 0.0748. The van der Waals surface area contributed by atoms with E-state index >= 15 is 0 Å². The summed E-state index contributed by atoms with van der Waals surface area (Å²) >= 11 is 0. The molecule has 0 aliphatic heterocycles. The van der Waals surface area contributed by atoms with Gasteiger partial charge in [0, 0.05) is 6.54 Å². The third-order valence-corrected chi connectivity index (χ3v) is 1.17. The van der Waals surface area contributed by atoms with E-state index in [-0.39, 0.29) is 18.3 Å². The number of carbonyl (C=O) groups excluding carboxylic acids is 1. The Morgan fingerprint density at radius 1 is 1.23 bits per heavy atom. The molecule has 0 bridgehead atoms. The Bertz CT molecular complexity index is 146. The molecular formula is C9H19NO3. The average Bonchev–Trinajstić information content (AvgIpc) is 1.96. The van der Waals surface area contributed by atoms with E-state index in [0.717, 1.165) is 0 Å². The minimum Gasteiger partial charge on any atom is -0.447 e. The number of rotatable bonds is 5. The molecule has 0 saturated heterocycles. The number of nitrogens with one attached hydrogen (secondary N) is 1. The van der Waals surface area contributed by atoms with Gasteiger partial charge in [-0.3, -0.25) is 0 Å². The molecule has 0 aliphatic rings. The number of hydrogen-bond donors (Lipinski definition) is 1. The predicted octanol–water partition coefficient (Wildman–Crippen LogP) is 1.55. The highest BCUT2D eigenvalue weighted by molar-refractivity contribution is 5.67. The number of carbonyl (C=O) groups is 1. The predicted molar refractivity (Wildman–Crippen MR) is 50.7 cm³/mol. The second kappa shape index (κ2) is 6.71. The first-order valence-electron chi connectivity index (χ1n) is 4.58. The van der Waals surface area contributed by atoms with Gasteiger partial charge in [-0.2, -0.15) is 0 Å². The average molecular weight is 189 g/mol. The van der Waals surface area contributed by atoms with Gasteiger partial charge in [-0.25, -0.2) is 4.79 Å². The van der Waals surface area contributed by atoms with Crippen LogP contribution >= 0.6 is 0 Å². The summed E-state index contributed by atoms with van der Waals surface area (Å²) < 4.78 is 10.1. The molecule has 0 aromatic rings. The van der Waals surface area contributed by atoms with Crippen LogP contribution in [-0.2, 0) is 9.47 Å². The molecule has 4 heteroatoms. The zero-order valence-corrected chi connectivity index (χ0v) is 8.79. The second-order valence-corrected chi connectivity index (χ2v) is 3.30. The van der Waals surface area contributed by atoms with Crippen molar-refractivity contribution in [2.45, 2.75) is 39.9 Å². The summed E-state index contributed by atoms with van der Waals surface area (Å²) in [5.41, 5.74) is 0. The Hall–Kier alpha value is -0.770. The van der Waals surface area contributed by atoms with E-state index in [1.165, 1.54) is 0 Å². The van der Waals surface area contributed by atoms with Gasteiger partial charge in [0.1, 0.15) is 0 Å². The van der Waals surface area contributed by atoms with Crippen molar-refractivity contribution in [3.8, 4) is 0 Å². The number of hydrogen-bond acceptors (Lipinski definition) is 3. The first-order valence-corrected chi connectivity index (χ1v) is 4.58. The molecule has 0 aromatic heterocycles. The van der Waals surface area contributed by atoms with Gasteiger partial charge in [0.15, 0.2) is 0 Å². The molecule has 0 radical (unpaired) electrons. The van der Waals surface area contributed by atoms with Gasteiger partial charge in [0.25, 0.3) is 0 Å². The highest BCUT2D eigenvalue weighted by Gasteiger charge is 2.03. The summed E-state index contributed by atoms with van der Waals surface area (Å²) in [4.78, 5) is 10.9. The quantitative estimate of drug-likeness (QED) is 0.667. The maximum atomic E-state index is 10.9. The third kappa shape index (κ3) is 9.14. The third-order valence-electron chi connectivity index (χ3n) is 1.17. The molecule has 1 amide bonds. The van der Waals surface area contributed by atoms with Gasteiger partial charge in [0.05, 0.1) is 18.8 Å². The van der Waals surface area contributed by atoms with Crippen LogP contribution in [0.4, 0.5) is 4.79 Å². The van der Waals surface area contributed by atoms with Crippen molar-refractivity contribution < 1.29 is 14.3 Å². The minimum absolute atomic E-state index is 0.0778. The second-order valence-electron chi connectivity index (χ2n) is 3.30. The van der Waals surface area contributed by atoms with E-state index in [1.54, 1.807) is 0 Å². The van der Waals surface area contributed by atoms with E-state index in [2.05, 4.69) is 5.32 Å². The van der Waals surface area contributed by atoms with Gasteiger partial charge in [-0.1, -0.05) is 0 Å². The lowest BCUT2D eigenvalue weighted by atomic mass is 10.5. The first kappa shape index (κ1) is 12.2. The number of alkyl carbamates (subject to hydrolysis) is 1. The van der Waals surface area contributed by atoms with Crippen LogP contribution in [0, 0.1) is 0 Å². The summed E-state index contributed by atoms with van der Waals surface area (Å²) in [7, 11) is 0. The van der Waals surface area contributed by atoms with Crippen LogP contribution in [0.3, 0.4) is 0 Å². The molecular weight excluding hydrogens is 170 g/mol. The Balaban J connectivity index is 3.27. The molecule has 0 saturated carbocycles. The van der Waals surface area contributed by atoms with Crippen molar-refractivity contribution in [1.82, 2.24) is 5.32 Å². The molecule has 0 spiro atoms. The number of ether oxygens (including phenoxy) is 2. The smallest absolute Gasteiger partial charge is 0.407 e. The Morgan fingerprint density at radius 3 is 2.31 bits per heavy atom. The van der Waals surface area contributed by atoms with Crippen LogP contribution in [0.25, 0.3) is 0 Å². The molecule has 0 aliphatic carbocycles. The molecule has 78 valence electrons. The van der Waals surface area contributed by atoms with Crippen molar-refractivity contribution in [3.63, 3.8) is 0 Å². The van der Waals surface area contributed by atoms with Gasteiger partial charge in [0.2, 0.25) is 0 Å². The summed E-state index contributed by atoms with van der Waals surface area (Å²) in [5.74, 6) is 0. The number of amides is 1. The van der Waals surface area contributed by atoms with Crippen LogP contribution in [0.15, 0.2) is 0 Å². The molecule has 1 N–H and O–H groups in total. The fourth-order valence-electron chi connectivity index (χ4n) is 0.703.